The van der Waals surface area contributed by atoms with Crippen molar-refractivity contribution in [2.24, 2.45) is 5.92 Å². The zero-order chi connectivity index (χ0) is 9.86. The second kappa shape index (κ2) is 4.89. The summed E-state index contributed by atoms with van der Waals surface area (Å²) in [5, 5.41) is 3.78. The summed E-state index contributed by atoms with van der Waals surface area (Å²) >= 11 is 2.20. The van der Waals surface area contributed by atoms with Crippen molar-refractivity contribution in [2.75, 3.05) is 12.3 Å². The Hall–Kier alpha value is 0.310. The Kier molecular flexibility index (Phi) is 3.78. The molecule has 14 heavy (non-hydrogen) atoms. The van der Waals surface area contributed by atoms with Crippen LogP contribution in [-0.4, -0.2) is 17.2 Å². The van der Waals surface area contributed by atoms with Crippen LogP contribution in [0.2, 0.25) is 0 Å². The molecule has 1 N–H and O–H groups in total. The molecule has 1 heterocycles. The van der Waals surface area contributed by atoms with Crippen LogP contribution in [0.15, 0.2) is 0 Å². The summed E-state index contributed by atoms with van der Waals surface area (Å²) in [7, 11) is 0. The maximum atomic E-state index is 3.78. The van der Waals surface area contributed by atoms with E-state index in [4.69, 9.17) is 0 Å². The lowest BCUT2D eigenvalue weighted by molar-refractivity contribution is 0.391. The van der Waals surface area contributed by atoms with Gasteiger partial charge in [0.25, 0.3) is 0 Å². The summed E-state index contributed by atoms with van der Waals surface area (Å²) < 4.78 is 0. The van der Waals surface area contributed by atoms with Gasteiger partial charge in [-0.2, -0.15) is 0 Å². The first-order valence-electron chi connectivity index (χ1n) is 6.24. The zero-order valence-corrected chi connectivity index (χ0v) is 10.2. The highest BCUT2D eigenvalue weighted by molar-refractivity contribution is 8.00. The smallest absolute Gasteiger partial charge is 0.0645 e. The lowest BCUT2D eigenvalue weighted by atomic mass is 9.97. The minimum Gasteiger partial charge on any atom is -0.303 e. The largest absolute Gasteiger partial charge is 0.303 e. The van der Waals surface area contributed by atoms with Crippen molar-refractivity contribution in [3.8, 4) is 0 Å². The van der Waals surface area contributed by atoms with E-state index in [-0.39, 0.29) is 0 Å². The summed E-state index contributed by atoms with van der Waals surface area (Å²) in [4.78, 5) is 0.488. The van der Waals surface area contributed by atoms with Gasteiger partial charge in [-0.15, -0.1) is 11.8 Å². The van der Waals surface area contributed by atoms with Crippen LogP contribution in [-0.2, 0) is 0 Å². The predicted octanol–water partition coefficient (Wildman–Crippen LogP) is 3.40. The van der Waals surface area contributed by atoms with Gasteiger partial charge in [0, 0.05) is 0 Å². The van der Waals surface area contributed by atoms with Crippen molar-refractivity contribution in [2.45, 2.75) is 56.7 Å². The van der Waals surface area contributed by atoms with Crippen molar-refractivity contribution in [3.05, 3.63) is 0 Å². The van der Waals surface area contributed by atoms with Gasteiger partial charge in [0.15, 0.2) is 0 Å². The highest BCUT2D eigenvalue weighted by atomic mass is 32.2. The van der Waals surface area contributed by atoms with E-state index in [9.17, 15) is 0 Å². The third-order valence-corrected chi connectivity index (χ3v) is 5.47. The average molecular weight is 213 g/mol. The maximum absolute atomic E-state index is 3.78. The molecule has 0 aromatic rings. The number of thioether (sulfide) groups is 1. The molecule has 2 rings (SSSR count). The maximum Gasteiger partial charge on any atom is 0.0645 e. The molecule has 1 aliphatic heterocycles. The Morgan fingerprint density at radius 3 is 2.93 bits per heavy atom. The van der Waals surface area contributed by atoms with E-state index < -0.39 is 0 Å². The van der Waals surface area contributed by atoms with Crippen LogP contribution in [0.3, 0.4) is 0 Å². The van der Waals surface area contributed by atoms with Gasteiger partial charge in [-0.3, -0.25) is 0 Å². The molecule has 0 aromatic heterocycles. The second-order valence-corrected chi connectivity index (χ2v) is 6.31. The first kappa shape index (κ1) is 10.8. The van der Waals surface area contributed by atoms with E-state index in [1.807, 2.05) is 0 Å². The standard InChI is InChI=1S/C12H23NS/c1-2-11-5-3-7-12(8-6-11)13-9-4-10-14-12/h11,13H,2-10H2,1H3. The Morgan fingerprint density at radius 1 is 1.29 bits per heavy atom. The molecule has 1 aliphatic carbocycles. The van der Waals surface area contributed by atoms with Crippen LogP contribution in [0.1, 0.15) is 51.9 Å². The lowest BCUT2D eigenvalue weighted by Gasteiger charge is -2.37. The number of hydrogen-bond acceptors (Lipinski definition) is 2. The number of hydrogen-bond donors (Lipinski definition) is 1. The van der Waals surface area contributed by atoms with Gasteiger partial charge in [-0.05, 0) is 43.9 Å². The van der Waals surface area contributed by atoms with Crippen molar-refractivity contribution in [1.29, 1.82) is 0 Å². The van der Waals surface area contributed by atoms with E-state index in [0.717, 1.165) is 5.92 Å². The molecule has 2 fully saturated rings. The van der Waals surface area contributed by atoms with Gasteiger partial charge in [0.2, 0.25) is 0 Å². The van der Waals surface area contributed by atoms with Crippen LogP contribution in [0.25, 0.3) is 0 Å². The van der Waals surface area contributed by atoms with Gasteiger partial charge < -0.3 is 5.32 Å². The lowest BCUT2D eigenvalue weighted by Crippen LogP contribution is -2.45. The van der Waals surface area contributed by atoms with Gasteiger partial charge in [-0.25, -0.2) is 0 Å². The monoisotopic (exact) mass is 213 g/mol. The van der Waals surface area contributed by atoms with E-state index >= 15 is 0 Å². The summed E-state index contributed by atoms with van der Waals surface area (Å²) in [5.41, 5.74) is 0. The van der Waals surface area contributed by atoms with Crippen LogP contribution in [0, 0.1) is 5.92 Å². The molecule has 1 spiro atoms. The molecule has 0 bridgehead atoms. The van der Waals surface area contributed by atoms with E-state index in [1.165, 1.54) is 57.2 Å². The van der Waals surface area contributed by atoms with Crippen LogP contribution < -0.4 is 5.32 Å². The van der Waals surface area contributed by atoms with Crippen molar-refractivity contribution < 1.29 is 0 Å². The van der Waals surface area contributed by atoms with Crippen molar-refractivity contribution in [3.63, 3.8) is 0 Å². The molecule has 1 saturated carbocycles. The fourth-order valence-electron chi connectivity index (χ4n) is 2.82. The molecular weight excluding hydrogens is 190 g/mol. The normalized spacial score (nSPS) is 39.6. The third-order valence-electron chi connectivity index (χ3n) is 3.87. The number of rotatable bonds is 1. The van der Waals surface area contributed by atoms with Crippen molar-refractivity contribution >= 4 is 11.8 Å². The van der Waals surface area contributed by atoms with E-state index in [1.54, 1.807) is 0 Å². The Morgan fingerprint density at radius 2 is 2.21 bits per heavy atom. The van der Waals surface area contributed by atoms with Crippen molar-refractivity contribution in [1.82, 2.24) is 5.32 Å². The predicted molar refractivity (Wildman–Crippen MR) is 64.7 cm³/mol. The molecule has 1 saturated heterocycles. The molecule has 0 aromatic carbocycles. The molecule has 1 nitrogen and oxygen atoms in total. The van der Waals surface area contributed by atoms with Crippen LogP contribution >= 0.6 is 11.8 Å². The molecule has 82 valence electrons. The fourth-order valence-corrected chi connectivity index (χ4v) is 4.25. The zero-order valence-electron chi connectivity index (χ0n) is 9.35. The van der Waals surface area contributed by atoms with E-state index in [0.29, 0.717) is 4.87 Å². The summed E-state index contributed by atoms with van der Waals surface area (Å²) in [6, 6.07) is 0. The number of nitrogens with one attached hydrogen (secondary N) is 1. The highest BCUT2D eigenvalue weighted by Gasteiger charge is 2.34. The second-order valence-electron chi connectivity index (χ2n) is 4.83. The fraction of sp³-hybridized carbons (Fsp3) is 1.00. The first-order chi connectivity index (χ1) is 6.85. The Labute approximate surface area is 92.4 Å². The summed E-state index contributed by atoms with van der Waals surface area (Å²) in [6.07, 6.45) is 9.95. The van der Waals surface area contributed by atoms with E-state index in [2.05, 4.69) is 24.0 Å². The minimum atomic E-state index is 0.488. The average Bonchev–Trinajstić information content (AvgIpc) is 2.42. The molecule has 2 atom stereocenters. The molecular formula is C12H23NS. The molecule has 0 amide bonds. The van der Waals surface area contributed by atoms with Gasteiger partial charge in [0.1, 0.15) is 0 Å². The molecule has 0 radical (unpaired) electrons. The summed E-state index contributed by atoms with van der Waals surface area (Å²) in [6.45, 7) is 3.61. The first-order valence-corrected chi connectivity index (χ1v) is 7.22. The molecule has 2 heteroatoms. The minimum absolute atomic E-state index is 0.488. The highest BCUT2D eigenvalue weighted by Crippen LogP contribution is 2.40. The Bertz CT molecular complexity index is 175. The molecule has 2 unspecified atom stereocenters. The van der Waals surface area contributed by atoms with Gasteiger partial charge in [0.05, 0.1) is 4.87 Å². The van der Waals surface area contributed by atoms with Gasteiger partial charge >= 0.3 is 0 Å². The quantitative estimate of drug-likeness (QED) is 0.716. The topological polar surface area (TPSA) is 12.0 Å². The molecule has 2 aliphatic rings. The van der Waals surface area contributed by atoms with Crippen LogP contribution in [0.5, 0.6) is 0 Å². The summed E-state index contributed by atoms with van der Waals surface area (Å²) in [5.74, 6) is 2.39. The Balaban J connectivity index is 1.92. The SMILES string of the molecule is CCC1CCCC2(CC1)NCCCS2. The van der Waals surface area contributed by atoms with Gasteiger partial charge in [-0.1, -0.05) is 26.2 Å². The third kappa shape index (κ3) is 2.46. The van der Waals surface area contributed by atoms with Crippen LogP contribution in [0.4, 0.5) is 0 Å².